The molecule has 0 saturated carbocycles. The zero-order chi connectivity index (χ0) is 22.1. The Bertz CT molecular complexity index is 994. The summed E-state index contributed by atoms with van der Waals surface area (Å²) in [4.78, 5) is 4.25. The molecule has 0 aliphatic heterocycles. The fourth-order valence-corrected chi connectivity index (χ4v) is 2.98. The van der Waals surface area contributed by atoms with Gasteiger partial charge in [-0.25, -0.2) is 9.07 Å². The van der Waals surface area contributed by atoms with Gasteiger partial charge in [0.2, 0.25) is 0 Å². The van der Waals surface area contributed by atoms with E-state index in [0.29, 0.717) is 30.5 Å². The molecular weight excluding hydrogens is 524 g/mol. The predicted molar refractivity (Wildman–Crippen MR) is 135 cm³/mol. The van der Waals surface area contributed by atoms with Crippen molar-refractivity contribution in [1.82, 2.24) is 20.4 Å². The zero-order valence-corrected chi connectivity index (χ0v) is 20.7. The van der Waals surface area contributed by atoms with Crippen LogP contribution < -0.4 is 20.1 Å². The van der Waals surface area contributed by atoms with Gasteiger partial charge >= 0.3 is 0 Å². The number of nitrogens with zero attached hydrogens (tertiary/aromatic N) is 3. The Kier molecular flexibility index (Phi) is 10.3. The van der Waals surface area contributed by atoms with Crippen molar-refractivity contribution in [2.45, 2.75) is 19.4 Å². The molecule has 0 bridgehead atoms. The van der Waals surface area contributed by atoms with E-state index in [1.54, 1.807) is 31.0 Å². The number of rotatable bonds is 9. The SMILES string of the molecule is CN=C(NCCc1ccn(-c2ccc(F)cc2)n1)NCC(C)Oc1ccccc1OC.I. The van der Waals surface area contributed by atoms with Crippen molar-refractivity contribution in [2.75, 3.05) is 27.2 Å². The second-order valence-electron chi connectivity index (χ2n) is 6.94. The fourth-order valence-electron chi connectivity index (χ4n) is 2.98. The average molecular weight is 553 g/mol. The Labute approximate surface area is 205 Å². The van der Waals surface area contributed by atoms with E-state index >= 15 is 0 Å². The highest BCUT2D eigenvalue weighted by atomic mass is 127. The molecule has 1 heterocycles. The topological polar surface area (TPSA) is 72.7 Å². The summed E-state index contributed by atoms with van der Waals surface area (Å²) in [5.41, 5.74) is 1.75. The molecule has 0 spiro atoms. The molecule has 0 fully saturated rings. The van der Waals surface area contributed by atoms with Crippen molar-refractivity contribution < 1.29 is 13.9 Å². The summed E-state index contributed by atoms with van der Waals surface area (Å²) < 4.78 is 26.1. The average Bonchev–Trinajstić information content (AvgIpc) is 3.26. The summed E-state index contributed by atoms with van der Waals surface area (Å²) in [6.07, 6.45) is 2.51. The maximum Gasteiger partial charge on any atom is 0.191 e. The molecule has 2 N–H and O–H groups in total. The van der Waals surface area contributed by atoms with Gasteiger partial charge in [0.15, 0.2) is 17.5 Å². The van der Waals surface area contributed by atoms with Crippen LogP contribution in [-0.2, 0) is 6.42 Å². The lowest BCUT2D eigenvalue weighted by Gasteiger charge is -2.19. The van der Waals surface area contributed by atoms with E-state index in [-0.39, 0.29) is 35.9 Å². The van der Waals surface area contributed by atoms with Crippen LogP contribution in [0.25, 0.3) is 5.69 Å². The van der Waals surface area contributed by atoms with Crippen LogP contribution in [0.1, 0.15) is 12.6 Å². The lowest BCUT2D eigenvalue weighted by atomic mass is 10.3. The van der Waals surface area contributed by atoms with E-state index in [1.165, 1.54) is 12.1 Å². The normalized spacial score (nSPS) is 11.9. The minimum Gasteiger partial charge on any atom is -0.493 e. The zero-order valence-electron chi connectivity index (χ0n) is 18.4. The Balaban J connectivity index is 0.00000363. The number of nitrogens with one attached hydrogen (secondary N) is 2. The molecule has 3 aromatic rings. The third-order valence-electron chi connectivity index (χ3n) is 4.59. The van der Waals surface area contributed by atoms with Crippen LogP contribution >= 0.6 is 24.0 Å². The van der Waals surface area contributed by atoms with Crippen LogP contribution in [0.2, 0.25) is 0 Å². The monoisotopic (exact) mass is 553 g/mol. The lowest BCUT2D eigenvalue weighted by Crippen LogP contribution is -2.42. The summed E-state index contributed by atoms with van der Waals surface area (Å²) in [5, 5.41) is 11.1. The van der Waals surface area contributed by atoms with Crippen LogP contribution in [-0.4, -0.2) is 49.1 Å². The minimum absolute atomic E-state index is 0. The summed E-state index contributed by atoms with van der Waals surface area (Å²) in [6, 6.07) is 15.8. The summed E-state index contributed by atoms with van der Waals surface area (Å²) >= 11 is 0. The number of hydrogen-bond acceptors (Lipinski definition) is 4. The van der Waals surface area contributed by atoms with Crippen molar-refractivity contribution in [3.05, 3.63) is 72.3 Å². The first kappa shape index (κ1) is 25.4. The van der Waals surface area contributed by atoms with E-state index in [9.17, 15) is 4.39 Å². The van der Waals surface area contributed by atoms with Gasteiger partial charge in [0.25, 0.3) is 0 Å². The van der Waals surface area contributed by atoms with Crippen molar-refractivity contribution in [3.8, 4) is 17.2 Å². The van der Waals surface area contributed by atoms with Gasteiger partial charge in [-0.05, 0) is 49.4 Å². The highest BCUT2D eigenvalue weighted by Gasteiger charge is 2.09. The highest BCUT2D eigenvalue weighted by Crippen LogP contribution is 2.26. The molecule has 3 rings (SSSR count). The molecule has 0 radical (unpaired) electrons. The number of ether oxygens (including phenoxy) is 2. The van der Waals surface area contributed by atoms with E-state index in [1.807, 2.05) is 43.5 Å². The molecule has 172 valence electrons. The molecule has 32 heavy (non-hydrogen) atoms. The maximum absolute atomic E-state index is 13.1. The number of halogens is 2. The first-order valence-corrected chi connectivity index (χ1v) is 10.1. The smallest absolute Gasteiger partial charge is 0.191 e. The van der Waals surface area contributed by atoms with Gasteiger partial charge < -0.3 is 20.1 Å². The highest BCUT2D eigenvalue weighted by molar-refractivity contribution is 14.0. The summed E-state index contributed by atoms with van der Waals surface area (Å²) in [7, 11) is 3.35. The number of hydrogen-bond donors (Lipinski definition) is 2. The number of aromatic nitrogens is 2. The molecule has 1 unspecified atom stereocenters. The fraction of sp³-hybridized carbons (Fsp3) is 0.304. The second-order valence-corrected chi connectivity index (χ2v) is 6.94. The minimum atomic E-state index is -0.262. The van der Waals surface area contributed by atoms with E-state index in [4.69, 9.17) is 9.47 Å². The first-order valence-electron chi connectivity index (χ1n) is 10.1. The van der Waals surface area contributed by atoms with Crippen LogP contribution in [0.4, 0.5) is 4.39 Å². The van der Waals surface area contributed by atoms with Crippen molar-refractivity contribution in [2.24, 2.45) is 4.99 Å². The summed E-state index contributed by atoms with van der Waals surface area (Å²) in [6.45, 7) is 3.23. The van der Waals surface area contributed by atoms with Crippen molar-refractivity contribution in [3.63, 3.8) is 0 Å². The van der Waals surface area contributed by atoms with Gasteiger partial charge in [0.05, 0.1) is 25.0 Å². The third kappa shape index (κ3) is 7.40. The van der Waals surface area contributed by atoms with E-state index in [2.05, 4.69) is 20.7 Å². The molecule has 7 nitrogen and oxygen atoms in total. The molecule has 1 atom stereocenters. The Morgan fingerprint density at radius 2 is 1.81 bits per heavy atom. The molecule has 0 aliphatic rings. The third-order valence-corrected chi connectivity index (χ3v) is 4.59. The number of aliphatic imine (C=N–C) groups is 1. The molecule has 0 amide bonds. The van der Waals surface area contributed by atoms with E-state index in [0.717, 1.165) is 17.8 Å². The second kappa shape index (κ2) is 12.9. The number of methoxy groups -OCH3 is 1. The van der Waals surface area contributed by atoms with Gasteiger partial charge in [-0.1, -0.05) is 12.1 Å². The predicted octanol–water partition coefficient (Wildman–Crippen LogP) is 3.81. The quantitative estimate of drug-likeness (QED) is 0.240. The van der Waals surface area contributed by atoms with Crippen LogP contribution in [0.15, 0.2) is 65.8 Å². The van der Waals surface area contributed by atoms with Gasteiger partial charge in [-0.15, -0.1) is 24.0 Å². The summed E-state index contributed by atoms with van der Waals surface area (Å²) in [5.74, 6) is 1.84. The number of guanidine groups is 1. The Morgan fingerprint density at radius 3 is 2.50 bits per heavy atom. The Hall–Kier alpha value is -2.82. The molecule has 9 heteroatoms. The van der Waals surface area contributed by atoms with Crippen molar-refractivity contribution in [1.29, 1.82) is 0 Å². The van der Waals surface area contributed by atoms with Gasteiger partial charge in [0, 0.05) is 26.2 Å². The van der Waals surface area contributed by atoms with Gasteiger partial charge in [-0.3, -0.25) is 4.99 Å². The number of para-hydroxylation sites is 2. The molecule has 0 saturated heterocycles. The van der Waals surface area contributed by atoms with Gasteiger partial charge in [-0.2, -0.15) is 5.10 Å². The Morgan fingerprint density at radius 1 is 1.09 bits per heavy atom. The van der Waals surface area contributed by atoms with Crippen LogP contribution in [0.5, 0.6) is 11.5 Å². The largest absolute Gasteiger partial charge is 0.493 e. The maximum atomic E-state index is 13.1. The molecule has 0 aliphatic carbocycles. The van der Waals surface area contributed by atoms with E-state index < -0.39 is 0 Å². The van der Waals surface area contributed by atoms with Gasteiger partial charge in [0.1, 0.15) is 11.9 Å². The standard InChI is InChI=1S/C23H28FN5O2.HI/c1-17(31-22-7-5-4-6-21(22)30-3)16-27-23(25-2)26-14-12-19-13-15-29(28-19)20-10-8-18(24)9-11-20;/h4-11,13,15,17H,12,14,16H2,1-3H3,(H2,25,26,27);1H. The number of benzene rings is 2. The lowest BCUT2D eigenvalue weighted by molar-refractivity contribution is 0.213. The molecule has 1 aromatic heterocycles. The first-order chi connectivity index (χ1) is 15.1. The molecule has 2 aromatic carbocycles. The molecular formula is C23H29FIN5O2. The van der Waals surface area contributed by atoms with Crippen LogP contribution in [0, 0.1) is 5.82 Å². The van der Waals surface area contributed by atoms with Crippen LogP contribution in [0.3, 0.4) is 0 Å². The van der Waals surface area contributed by atoms with Crippen molar-refractivity contribution >= 4 is 29.9 Å².